The number of para-hydroxylation sites is 1. The number of methoxy groups -OCH3 is 1. The first kappa shape index (κ1) is 19.7. The normalized spacial score (nSPS) is 10.9. The van der Waals surface area contributed by atoms with E-state index < -0.39 is 5.97 Å². The van der Waals surface area contributed by atoms with Gasteiger partial charge in [-0.2, -0.15) is 5.10 Å². The van der Waals surface area contributed by atoms with Crippen molar-refractivity contribution >= 4 is 17.6 Å². The van der Waals surface area contributed by atoms with Crippen molar-refractivity contribution in [2.75, 3.05) is 7.11 Å². The van der Waals surface area contributed by atoms with Gasteiger partial charge in [-0.05, 0) is 43.7 Å². The van der Waals surface area contributed by atoms with Crippen LogP contribution in [0.2, 0.25) is 5.02 Å². The van der Waals surface area contributed by atoms with Crippen molar-refractivity contribution in [3.05, 3.63) is 70.6 Å². The molecule has 2 aromatic carbocycles. The Kier molecular flexibility index (Phi) is 5.05. The Morgan fingerprint density at radius 3 is 2.67 bits per heavy atom. The summed E-state index contributed by atoms with van der Waals surface area (Å²) in [6.07, 6.45) is 1.71. The molecule has 0 radical (unpaired) electrons. The summed E-state index contributed by atoms with van der Waals surface area (Å²) in [7, 11) is 1.50. The van der Waals surface area contributed by atoms with Crippen LogP contribution < -0.4 is 4.74 Å². The van der Waals surface area contributed by atoms with E-state index >= 15 is 0 Å². The fourth-order valence-electron chi connectivity index (χ4n) is 3.54. The van der Waals surface area contributed by atoms with Gasteiger partial charge in [-0.15, -0.1) is 0 Å². The molecule has 7 nitrogen and oxygen atoms in total. The van der Waals surface area contributed by atoms with Gasteiger partial charge >= 0.3 is 5.97 Å². The third-order valence-electron chi connectivity index (χ3n) is 5.00. The lowest BCUT2D eigenvalue weighted by molar-refractivity contribution is 0.0697. The smallest absolute Gasteiger partial charge is 0.336 e. The molecule has 2 heterocycles. The highest BCUT2D eigenvalue weighted by atomic mass is 35.5. The summed E-state index contributed by atoms with van der Waals surface area (Å²) < 4.78 is 7.30. The number of halogens is 1. The number of benzene rings is 2. The molecular weight excluding hydrogens is 404 g/mol. The van der Waals surface area contributed by atoms with Crippen molar-refractivity contribution in [1.82, 2.24) is 19.7 Å². The minimum atomic E-state index is -1.05. The van der Waals surface area contributed by atoms with Crippen LogP contribution in [0.3, 0.4) is 0 Å². The van der Waals surface area contributed by atoms with Crippen LogP contribution in [0.1, 0.15) is 21.6 Å². The highest BCUT2D eigenvalue weighted by molar-refractivity contribution is 6.32. The zero-order valence-electron chi connectivity index (χ0n) is 16.6. The van der Waals surface area contributed by atoms with E-state index in [0.717, 1.165) is 16.9 Å². The molecule has 2 N–H and O–H groups in total. The first-order chi connectivity index (χ1) is 14.4. The third kappa shape index (κ3) is 3.23. The van der Waals surface area contributed by atoms with E-state index in [1.165, 1.54) is 13.2 Å². The highest BCUT2D eigenvalue weighted by Crippen LogP contribution is 2.35. The molecule has 4 aromatic rings. The third-order valence-corrected chi connectivity index (χ3v) is 5.31. The van der Waals surface area contributed by atoms with E-state index in [1.807, 2.05) is 36.6 Å². The van der Waals surface area contributed by atoms with Gasteiger partial charge in [0.25, 0.3) is 0 Å². The maximum atomic E-state index is 11.7. The van der Waals surface area contributed by atoms with Gasteiger partial charge in [0.2, 0.25) is 0 Å². The molecule has 0 amide bonds. The van der Waals surface area contributed by atoms with Gasteiger partial charge in [0.15, 0.2) is 0 Å². The summed E-state index contributed by atoms with van der Waals surface area (Å²) in [5.74, 6) is -0.620. The van der Waals surface area contributed by atoms with Crippen molar-refractivity contribution in [2.24, 2.45) is 0 Å². The molecule has 0 aliphatic rings. The Morgan fingerprint density at radius 1 is 1.20 bits per heavy atom. The zero-order chi connectivity index (χ0) is 21.4. The Morgan fingerprint density at radius 2 is 1.97 bits per heavy atom. The predicted molar refractivity (Wildman–Crippen MR) is 115 cm³/mol. The fourth-order valence-corrected chi connectivity index (χ4v) is 3.86. The summed E-state index contributed by atoms with van der Waals surface area (Å²) in [4.78, 5) is 16.2. The molecule has 0 saturated heterocycles. The van der Waals surface area contributed by atoms with Crippen LogP contribution >= 0.6 is 11.6 Å². The number of imidazole rings is 1. The van der Waals surface area contributed by atoms with Crippen LogP contribution in [-0.4, -0.2) is 37.9 Å². The van der Waals surface area contributed by atoms with Gasteiger partial charge in [-0.1, -0.05) is 29.8 Å². The molecular formula is C22H19ClN4O3. The molecule has 0 bridgehead atoms. The summed E-state index contributed by atoms with van der Waals surface area (Å²) in [5, 5.41) is 17.5. The number of carboxylic acids is 1. The monoisotopic (exact) mass is 422 g/mol. The Bertz CT molecular complexity index is 1240. The molecule has 0 aliphatic heterocycles. The van der Waals surface area contributed by atoms with E-state index in [1.54, 1.807) is 24.5 Å². The molecule has 30 heavy (non-hydrogen) atoms. The van der Waals surface area contributed by atoms with Gasteiger partial charge in [0.05, 0.1) is 40.3 Å². The van der Waals surface area contributed by atoms with Gasteiger partial charge in [0, 0.05) is 5.69 Å². The van der Waals surface area contributed by atoms with Crippen LogP contribution in [-0.2, 0) is 0 Å². The topological polar surface area (TPSA) is 93.0 Å². The summed E-state index contributed by atoms with van der Waals surface area (Å²) in [6, 6.07) is 12.4. The fraction of sp³-hybridized carbons (Fsp3) is 0.136. The molecule has 4 rings (SSSR count). The Labute approximate surface area is 177 Å². The largest absolute Gasteiger partial charge is 0.496 e. The highest BCUT2D eigenvalue weighted by Gasteiger charge is 2.21. The van der Waals surface area contributed by atoms with Crippen molar-refractivity contribution in [2.45, 2.75) is 13.8 Å². The molecule has 0 unspecified atom stereocenters. The van der Waals surface area contributed by atoms with Crippen LogP contribution in [0.25, 0.3) is 28.3 Å². The van der Waals surface area contributed by atoms with Gasteiger partial charge in [-0.3, -0.25) is 5.10 Å². The van der Waals surface area contributed by atoms with Crippen LogP contribution in [0.5, 0.6) is 5.75 Å². The molecule has 0 atom stereocenters. The van der Waals surface area contributed by atoms with Gasteiger partial charge in [0.1, 0.15) is 17.8 Å². The summed E-state index contributed by atoms with van der Waals surface area (Å²) in [6.45, 7) is 3.93. The first-order valence-electron chi connectivity index (χ1n) is 9.18. The minimum Gasteiger partial charge on any atom is -0.496 e. The lowest BCUT2D eigenvalue weighted by Gasteiger charge is -2.11. The Hall–Kier alpha value is -3.58. The van der Waals surface area contributed by atoms with E-state index in [-0.39, 0.29) is 5.56 Å². The van der Waals surface area contributed by atoms with Crippen LogP contribution in [0, 0.1) is 13.8 Å². The second-order valence-electron chi connectivity index (χ2n) is 6.81. The number of aromatic nitrogens is 4. The van der Waals surface area contributed by atoms with Crippen molar-refractivity contribution in [1.29, 1.82) is 0 Å². The lowest BCUT2D eigenvalue weighted by Crippen LogP contribution is -2.01. The number of rotatable bonds is 5. The number of aryl methyl sites for hydroxylation is 1. The molecule has 2 aromatic heterocycles. The standard InChI is InChI=1S/C22H19ClN4O3/c1-12-6-4-8-15(23)21(12)27-11-24-20(13(27)2)17-10-16(25-26-17)19-14(22(28)29)7-5-9-18(19)30-3/h4-11H,1-3H3,(H,25,26)(H,28,29). The molecule has 152 valence electrons. The number of aromatic amines is 1. The second kappa shape index (κ2) is 7.68. The number of ether oxygens (including phenoxy) is 1. The van der Waals surface area contributed by atoms with Gasteiger partial charge < -0.3 is 14.4 Å². The SMILES string of the molecule is COc1cccc(C(=O)O)c1-c1cc(-c2ncn(-c3c(C)cccc3Cl)c2C)[nH]n1. The number of hydrogen-bond acceptors (Lipinski definition) is 4. The number of aromatic carboxylic acids is 1. The van der Waals surface area contributed by atoms with Crippen molar-refractivity contribution in [3.63, 3.8) is 0 Å². The average Bonchev–Trinajstić information content (AvgIpc) is 3.34. The maximum absolute atomic E-state index is 11.7. The number of carbonyl (C=O) groups is 1. The lowest BCUT2D eigenvalue weighted by atomic mass is 10.0. The molecule has 0 spiro atoms. The Balaban J connectivity index is 1.81. The molecule has 0 saturated carbocycles. The predicted octanol–water partition coefficient (Wildman–Crippen LogP) is 4.91. The van der Waals surface area contributed by atoms with Crippen LogP contribution in [0.4, 0.5) is 0 Å². The van der Waals surface area contributed by atoms with E-state index in [4.69, 9.17) is 16.3 Å². The number of H-pyrrole nitrogens is 1. The first-order valence-corrected chi connectivity index (χ1v) is 9.56. The molecule has 8 heteroatoms. The number of carboxylic acid groups (broad SMARTS) is 1. The van der Waals surface area contributed by atoms with Crippen molar-refractivity contribution < 1.29 is 14.6 Å². The number of nitrogens with zero attached hydrogens (tertiary/aromatic N) is 3. The van der Waals surface area contributed by atoms with Crippen molar-refractivity contribution in [3.8, 4) is 34.1 Å². The maximum Gasteiger partial charge on any atom is 0.336 e. The average molecular weight is 423 g/mol. The molecule has 0 fully saturated rings. The summed E-state index contributed by atoms with van der Waals surface area (Å²) >= 11 is 6.42. The number of nitrogens with one attached hydrogen (secondary N) is 1. The van der Waals surface area contributed by atoms with E-state index in [9.17, 15) is 9.90 Å². The van der Waals surface area contributed by atoms with E-state index in [2.05, 4.69) is 15.2 Å². The van der Waals surface area contributed by atoms with Crippen LogP contribution in [0.15, 0.2) is 48.8 Å². The second-order valence-corrected chi connectivity index (χ2v) is 7.22. The van der Waals surface area contributed by atoms with Gasteiger partial charge in [-0.25, -0.2) is 9.78 Å². The minimum absolute atomic E-state index is 0.112. The summed E-state index contributed by atoms with van der Waals surface area (Å²) in [5.41, 5.74) is 5.11. The van der Waals surface area contributed by atoms with E-state index in [0.29, 0.717) is 33.4 Å². The number of hydrogen-bond donors (Lipinski definition) is 2. The quantitative estimate of drug-likeness (QED) is 0.476. The molecule has 0 aliphatic carbocycles. The zero-order valence-corrected chi connectivity index (χ0v) is 17.4.